The molecule has 0 atom stereocenters. The van der Waals surface area contributed by atoms with Crippen LogP contribution in [0.1, 0.15) is 26.2 Å². The molecule has 2 saturated heterocycles. The molecule has 2 N–H and O–H groups in total. The number of sulfonamides is 1. The number of hydrogen-bond donors (Lipinski definition) is 2. The maximum absolute atomic E-state index is 12.1. The van der Waals surface area contributed by atoms with Crippen molar-refractivity contribution >= 4 is 28.3 Å². The fourth-order valence-corrected chi connectivity index (χ4v) is 3.95. The molecule has 2 rings (SSSR count). The normalized spacial score (nSPS) is 20.5. The van der Waals surface area contributed by atoms with E-state index in [1.54, 1.807) is 4.90 Å². The molecular weight excluding hydrogens is 342 g/mol. The first kappa shape index (κ1) is 20.6. The van der Waals surface area contributed by atoms with E-state index in [2.05, 4.69) is 10.0 Å². The minimum absolute atomic E-state index is 0. The van der Waals surface area contributed by atoms with E-state index in [-0.39, 0.29) is 37.2 Å². The van der Waals surface area contributed by atoms with Crippen molar-refractivity contribution in [1.82, 2.24) is 14.9 Å². The zero-order valence-corrected chi connectivity index (χ0v) is 15.3. The van der Waals surface area contributed by atoms with E-state index in [1.807, 2.05) is 6.92 Å². The van der Waals surface area contributed by atoms with E-state index in [4.69, 9.17) is 4.74 Å². The molecule has 0 saturated carbocycles. The second-order valence-electron chi connectivity index (χ2n) is 6.14. The van der Waals surface area contributed by atoms with Gasteiger partial charge in [-0.05, 0) is 38.1 Å². The third-order valence-electron chi connectivity index (χ3n) is 4.65. The van der Waals surface area contributed by atoms with Gasteiger partial charge in [0.15, 0.2) is 0 Å². The first-order chi connectivity index (χ1) is 10.5. The first-order valence-electron chi connectivity index (χ1n) is 8.00. The van der Waals surface area contributed by atoms with Gasteiger partial charge in [0.2, 0.25) is 15.9 Å². The Morgan fingerprint density at radius 1 is 1.30 bits per heavy atom. The lowest BCUT2D eigenvalue weighted by atomic mass is 9.78. The molecule has 9 heteroatoms. The summed E-state index contributed by atoms with van der Waals surface area (Å²) in [7, 11) is -3.44. The van der Waals surface area contributed by atoms with E-state index >= 15 is 0 Å². The summed E-state index contributed by atoms with van der Waals surface area (Å²) >= 11 is 0. The van der Waals surface area contributed by atoms with Crippen LogP contribution < -0.4 is 10.0 Å². The Morgan fingerprint density at radius 3 is 2.57 bits per heavy atom. The minimum Gasteiger partial charge on any atom is -0.381 e. The molecule has 2 fully saturated rings. The molecule has 0 aliphatic carbocycles. The number of carbonyl (C=O) groups excluding carboxylic acids is 1. The summed E-state index contributed by atoms with van der Waals surface area (Å²) in [5.41, 5.74) is 0.355. The SMILES string of the molecule is CCOCCS(=O)(=O)NCC(=O)N1CCC2(CCNC2)CC1.Cl. The summed E-state index contributed by atoms with van der Waals surface area (Å²) in [6.45, 7) is 5.85. The van der Waals surface area contributed by atoms with Gasteiger partial charge in [0.1, 0.15) is 0 Å². The summed E-state index contributed by atoms with van der Waals surface area (Å²) in [6.07, 6.45) is 3.19. The Morgan fingerprint density at radius 2 is 2.00 bits per heavy atom. The molecule has 2 aliphatic rings. The quantitative estimate of drug-likeness (QED) is 0.615. The number of nitrogens with zero attached hydrogens (tertiary/aromatic N) is 1. The maximum Gasteiger partial charge on any atom is 0.237 e. The Labute approximate surface area is 145 Å². The molecule has 0 aromatic carbocycles. The van der Waals surface area contributed by atoms with Crippen molar-refractivity contribution < 1.29 is 17.9 Å². The number of amides is 1. The highest BCUT2D eigenvalue weighted by atomic mass is 35.5. The van der Waals surface area contributed by atoms with E-state index in [1.165, 1.54) is 6.42 Å². The lowest BCUT2D eigenvalue weighted by molar-refractivity contribution is -0.132. The average Bonchev–Trinajstić information content (AvgIpc) is 2.94. The van der Waals surface area contributed by atoms with Gasteiger partial charge < -0.3 is 15.0 Å². The zero-order valence-electron chi connectivity index (χ0n) is 13.7. The van der Waals surface area contributed by atoms with Crippen molar-refractivity contribution in [2.24, 2.45) is 5.41 Å². The molecule has 7 nitrogen and oxygen atoms in total. The number of likely N-dealkylation sites (tertiary alicyclic amines) is 1. The standard InChI is InChI=1S/C14H27N3O4S.ClH/c1-2-21-9-10-22(19,20)16-11-13(18)17-7-4-14(5-8-17)3-6-15-12-14;/h15-16H,2-12H2,1H3;1H. The molecule has 0 unspecified atom stereocenters. The molecule has 0 aromatic rings. The van der Waals surface area contributed by atoms with Gasteiger partial charge in [-0.2, -0.15) is 0 Å². The molecule has 23 heavy (non-hydrogen) atoms. The summed E-state index contributed by atoms with van der Waals surface area (Å²) in [5, 5.41) is 3.39. The van der Waals surface area contributed by atoms with Crippen LogP contribution in [-0.2, 0) is 19.6 Å². The number of piperidine rings is 1. The molecule has 1 amide bonds. The molecule has 0 bridgehead atoms. The summed E-state index contributed by atoms with van der Waals surface area (Å²) in [6, 6.07) is 0. The number of nitrogens with one attached hydrogen (secondary N) is 2. The Kier molecular flexibility index (Phi) is 8.23. The topological polar surface area (TPSA) is 87.7 Å². The lowest BCUT2D eigenvalue weighted by Crippen LogP contribution is -2.47. The Bertz CT molecular complexity index is 470. The highest BCUT2D eigenvalue weighted by molar-refractivity contribution is 7.89. The second kappa shape index (κ2) is 9.17. The van der Waals surface area contributed by atoms with Gasteiger partial charge in [-0.15, -0.1) is 12.4 Å². The minimum atomic E-state index is -3.44. The largest absolute Gasteiger partial charge is 0.381 e. The molecule has 136 valence electrons. The van der Waals surface area contributed by atoms with Gasteiger partial charge in [-0.3, -0.25) is 4.79 Å². The second-order valence-corrected chi connectivity index (χ2v) is 8.07. The van der Waals surface area contributed by atoms with E-state index < -0.39 is 10.0 Å². The Balaban J connectivity index is 0.00000264. The van der Waals surface area contributed by atoms with Crippen LogP contribution in [-0.4, -0.2) is 70.9 Å². The van der Waals surface area contributed by atoms with Crippen LogP contribution >= 0.6 is 12.4 Å². The van der Waals surface area contributed by atoms with Crippen LogP contribution in [0.2, 0.25) is 0 Å². The third-order valence-corrected chi connectivity index (χ3v) is 5.94. The Hall–Kier alpha value is -0.410. The van der Waals surface area contributed by atoms with Gasteiger partial charge >= 0.3 is 0 Å². The van der Waals surface area contributed by atoms with Crippen LogP contribution in [0.5, 0.6) is 0 Å². The van der Waals surface area contributed by atoms with Gasteiger partial charge in [-0.1, -0.05) is 0 Å². The summed E-state index contributed by atoms with van der Waals surface area (Å²) < 4.78 is 30.8. The number of ether oxygens (including phenoxy) is 1. The van der Waals surface area contributed by atoms with Crippen LogP contribution in [0, 0.1) is 5.41 Å². The molecule has 2 heterocycles. The average molecular weight is 370 g/mol. The molecular formula is C14H28ClN3O4S. The van der Waals surface area contributed by atoms with E-state index in [9.17, 15) is 13.2 Å². The maximum atomic E-state index is 12.1. The van der Waals surface area contributed by atoms with Crippen LogP contribution in [0.4, 0.5) is 0 Å². The molecule has 0 radical (unpaired) electrons. The predicted octanol–water partition coefficient (Wildman–Crippen LogP) is -0.0338. The van der Waals surface area contributed by atoms with Gasteiger partial charge in [0.05, 0.1) is 18.9 Å². The molecule has 1 spiro atoms. The van der Waals surface area contributed by atoms with Crippen molar-refractivity contribution in [2.45, 2.75) is 26.2 Å². The summed E-state index contributed by atoms with van der Waals surface area (Å²) in [5.74, 6) is -0.246. The monoisotopic (exact) mass is 369 g/mol. The van der Waals surface area contributed by atoms with Crippen molar-refractivity contribution in [3.63, 3.8) is 0 Å². The van der Waals surface area contributed by atoms with Crippen molar-refractivity contribution in [3.05, 3.63) is 0 Å². The van der Waals surface area contributed by atoms with Crippen LogP contribution in [0.3, 0.4) is 0 Å². The van der Waals surface area contributed by atoms with Gasteiger partial charge in [0.25, 0.3) is 0 Å². The number of carbonyl (C=O) groups is 1. The first-order valence-corrected chi connectivity index (χ1v) is 9.65. The van der Waals surface area contributed by atoms with Crippen LogP contribution in [0.15, 0.2) is 0 Å². The fraction of sp³-hybridized carbons (Fsp3) is 0.929. The predicted molar refractivity (Wildman–Crippen MR) is 91.3 cm³/mol. The van der Waals surface area contributed by atoms with Crippen molar-refractivity contribution in [2.75, 3.05) is 51.7 Å². The van der Waals surface area contributed by atoms with E-state index in [0.717, 1.165) is 39.0 Å². The third kappa shape index (κ3) is 6.19. The van der Waals surface area contributed by atoms with Crippen LogP contribution in [0.25, 0.3) is 0 Å². The lowest BCUT2D eigenvalue weighted by Gasteiger charge is -2.38. The highest BCUT2D eigenvalue weighted by Crippen LogP contribution is 2.36. The number of rotatable bonds is 7. The highest BCUT2D eigenvalue weighted by Gasteiger charge is 2.37. The van der Waals surface area contributed by atoms with Crippen molar-refractivity contribution in [1.29, 1.82) is 0 Å². The van der Waals surface area contributed by atoms with Gasteiger partial charge in [0, 0.05) is 26.2 Å². The summed E-state index contributed by atoms with van der Waals surface area (Å²) in [4.78, 5) is 13.9. The number of halogens is 1. The smallest absolute Gasteiger partial charge is 0.237 e. The molecule has 2 aliphatic heterocycles. The van der Waals surface area contributed by atoms with E-state index in [0.29, 0.717) is 12.0 Å². The number of hydrogen-bond acceptors (Lipinski definition) is 5. The van der Waals surface area contributed by atoms with Gasteiger partial charge in [-0.25, -0.2) is 13.1 Å². The molecule has 0 aromatic heterocycles. The van der Waals surface area contributed by atoms with Crippen molar-refractivity contribution in [3.8, 4) is 0 Å². The zero-order chi connectivity index (χ0) is 16.1. The fourth-order valence-electron chi connectivity index (χ4n) is 3.12.